The monoisotopic (exact) mass is 251 g/mol. The number of aromatic nitrogens is 2. The predicted octanol–water partition coefficient (Wildman–Crippen LogP) is 2.59. The molecule has 1 saturated carbocycles. The van der Waals surface area contributed by atoms with E-state index in [0.29, 0.717) is 6.04 Å². The number of nitrogens with zero attached hydrogens (tertiary/aromatic N) is 2. The van der Waals surface area contributed by atoms with Crippen molar-refractivity contribution in [1.82, 2.24) is 15.5 Å². The molecule has 18 heavy (non-hydrogen) atoms. The minimum Gasteiger partial charge on any atom is -0.339 e. The van der Waals surface area contributed by atoms with E-state index in [0.717, 1.165) is 37.0 Å². The minimum atomic E-state index is 0.207. The molecular weight excluding hydrogens is 226 g/mol. The molecule has 0 spiro atoms. The average Bonchev–Trinajstić information content (AvgIpc) is 3.00. The van der Waals surface area contributed by atoms with Gasteiger partial charge in [-0.15, -0.1) is 0 Å². The van der Waals surface area contributed by atoms with Gasteiger partial charge in [0.25, 0.3) is 0 Å². The van der Waals surface area contributed by atoms with E-state index < -0.39 is 0 Å². The van der Waals surface area contributed by atoms with Crippen molar-refractivity contribution in [2.24, 2.45) is 11.3 Å². The number of likely N-dealkylation sites (N-methyl/N-ethyl adjacent to an activating group) is 1. The predicted molar refractivity (Wildman–Crippen MR) is 71.3 cm³/mol. The Balaban J connectivity index is 1.92. The van der Waals surface area contributed by atoms with Crippen LogP contribution in [0.1, 0.15) is 52.3 Å². The summed E-state index contributed by atoms with van der Waals surface area (Å²) in [5.74, 6) is 2.43. The minimum absolute atomic E-state index is 0.207. The first-order valence-electron chi connectivity index (χ1n) is 7.03. The Kier molecular flexibility index (Phi) is 4.05. The van der Waals surface area contributed by atoms with Crippen LogP contribution < -0.4 is 5.32 Å². The van der Waals surface area contributed by atoms with Gasteiger partial charge >= 0.3 is 0 Å². The summed E-state index contributed by atoms with van der Waals surface area (Å²) in [7, 11) is 0. The van der Waals surface area contributed by atoms with Gasteiger partial charge in [-0.25, -0.2) is 0 Å². The Bertz CT molecular complexity index is 377. The molecule has 0 bridgehead atoms. The lowest BCUT2D eigenvalue weighted by Crippen LogP contribution is -2.33. The maximum absolute atomic E-state index is 5.36. The number of hydrogen-bond acceptors (Lipinski definition) is 4. The van der Waals surface area contributed by atoms with Gasteiger partial charge in [-0.3, -0.25) is 0 Å². The van der Waals surface area contributed by atoms with Crippen molar-refractivity contribution in [3.8, 4) is 0 Å². The second-order valence-electron chi connectivity index (χ2n) is 6.55. The van der Waals surface area contributed by atoms with Gasteiger partial charge in [0, 0.05) is 18.9 Å². The Morgan fingerprint density at radius 2 is 2.11 bits per heavy atom. The summed E-state index contributed by atoms with van der Waals surface area (Å²) < 4.78 is 5.36. The molecule has 0 radical (unpaired) electrons. The molecule has 2 rings (SSSR count). The molecule has 1 fully saturated rings. The van der Waals surface area contributed by atoms with Crippen LogP contribution >= 0.6 is 0 Å². The van der Waals surface area contributed by atoms with E-state index in [4.69, 9.17) is 4.52 Å². The lowest BCUT2D eigenvalue weighted by atomic mass is 9.92. The van der Waals surface area contributed by atoms with Crippen molar-refractivity contribution in [1.29, 1.82) is 0 Å². The molecule has 1 aromatic rings. The first-order valence-corrected chi connectivity index (χ1v) is 7.03. The van der Waals surface area contributed by atoms with Crippen LogP contribution in [-0.2, 0) is 12.8 Å². The first kappa shape index (κ1) is 13.5. The fourth-order valence-corrected chi connectivity index (χ4v) is 2.27. The topological polar surface area (TPSA) is 51.0 Å². The van der Waals surface area contributed by atoms with E-state index >= 15 is 0 Å². The zero-order valence-corrected chi connectivity index (χ0v) is 12.0. The van der Waals surface area contributed by atoms with E-state index in [9.17, 15) is 0 Å². The Morgan fingerprint density at radius 3 is 2.67 bits per heavy atom. The molecular formula is C14H25N3O. The van der Waals surface area contributed by atoms with Crippen LogP contribution in [0, 0.1) is 11.3 Å². The zero-order chi connectivity index (χ0) is 13.2. The SMILES string of the molecule is CCNC(Cc1nc(CC(C)(C)C)no1)C1CC1. The van der Waals surface area contributed by atoms with Crippen molar-refractivity contribution >= 4 is 0 Å². The smallest absolute Gasteiger partial charge is 0.228 e. The molecule has 4 heteroatoms. The van der Waals surface area contributed by atoms with Crippen LogP contribution in [0.15, 0.2) is 4.52 Å². The summed E-state index contributed by atoms with van der Waals surface area (Å²) in [6.07, 6.45) is 4.41. The van der Waals surface area contributed by atoms with Gasteiger partial charge in [0.15, 0.2) is 5.82 Å². The van der Waals surface area contributed by atoms with Crippen molar-refractivity contribution in [2.75, 3.05) is 6.54 Å². The molecule has 0 aliphatic heterocycles. The number of nitrogens with one attached hydrogen (secondary N) is 1. The van der Waals surface area contributed by atoms with Crippen LogP contribution in [0.25, 0.3) is 0 Å². The highest BCUT2D eigenvalue weighted by Crippen LogP contribution is 2.34. The van der Waals surface area contributed by atoms with Gasteiger partial charge in [0.2, 0.25) is 5.89 Å². The van der Waals surface area contributed by atoms with Crippen molar-refractivity contribution in [2.45, 2.75) is 59.4 Å². The highest BCUT2D eigenvalue weighted by molar-refractivity contribution is 4.96. The molecule has 1 heterocycles. The van der Waals surface area contributed by atoms with Crippen molar-refractivity contribution in [3.05, 3.63) is 11.7 Å². The van der Waals surface area contributed by atoms with E-state index in [1.54, 1.807) is 0 Å². The maximum Gasteiger partial charge on any atom is 0.228 e. The summed E-state index contributed by atoms with van der Waals surface area (Å²) in [6, 6.07) is 0.512. The summed E-state index contributed by atoms with van der Waals surface area (Å²) in [5.41, 5.74) is 0.207. The molecule has 0 saturated heterocycles. The summed E-state index contributed by atoms with van der Waals surface area (Å²) in [5, 5.41) is 7.60. The molecule has 102 valence electrons. The van der Waals surface area contributed by atoms with E-state index in [1.807, 2.05) is 0 Å². The lowest BCUT2D eigenvalue weighted by Gasteiger charge is -2.15. The van der Waals surface area contributed by atoms with Crippen molar-refractivity contribution in [3.63, 3.8) is 0 Å². The number of rotatable bonds is 6. The summed E-state index contributed by atoms with van der Waals surface area (Å²) >= 11 is 0. The molecule has 1 aromatic heterocycles. The molecule has 0 aromatic carbocycles. The quantitative estimate of drug-likeness (QED) is 0.844. The van der Waals surface area contributed by atoms with Crippen LogP contribution in [0.2, 0.25) is 0 Å². The Morgan fingerprint density at radius 1 is 1.39 bits per heavy atom. The van der Waals surface area contributed by atoms with Crippen LogP contribution in [0.5, 0.6) is 0 Å². The summed E-state index contributed by atoms with van der Waals surface area (Å²) in [4.78, 5) is 4.51. The Labute approximate surface area is 110 Å². The normalized spacial score (nSPS) is 18.0. The van der Waals surface area contributed by atoms with E-state index in [2.05, 4.69) is 43.2 Å². The van der Waals surface area contributed by atoms with Gasteiger partial charge in [-0.2, -0.15) is 4.98 Å². The molecule has 1 N–H and O–H groups in total. The first-order chi connectivity index (χ1) is 8.48. The molecule has 1 unspecified atom stereocenters. The van der Waals surface area contributed by atoms with E-state index in [1.165, 1.54) is 12.8 Å². The maximum atomic E-state index is 5.36. The third-order valence-corrected chi connectivity index (χ3v) is 3.25. The third-order valence-electron chi connectivity index (χ3n) is 3.25. The fraction of sp³-hybridized carbons (Fsp3) is 0.857. The molecule has 4 nitrogen and oxygen atoms in total. The number of hydrogen-bond donors (Lipinski definition) is 1. The van der Waals surface area contributed by atoms with E-state index in [-0.39, 0.29) is 5.41 Å². The molecule has 1 atom stereocenters. The van der Waals surface area contributed by atoms with Gasteiger partial charge < -0.3 is 9.84 Å². The average molecular weight is 251 g/mol. The van der Waals surface area contributed by atoms with Crippen molar-refractivity contribution < 1.29 is 4.52 Å². The van der Waals surface area contributed by atoms with Gasteiger partial charge in [0.1, 0.15) is 0 Å². The van der Waals surface area contributed by atoms with Crippen LogP contribution in [0.3, 0.4) is 0 Å². The fourth-order valence-electron chi connectivity index (χ4n) is 2.27. The third kappa shape index (κ3) is 4.09. The molecule has 1 aliphatic rings. The zero-order valence-electron chi connectivity index (χ0n) is 12.0. The Hall–Kier alpha value is -0.900. The highest BCUT2D eigenvalue weighted by atomic mass is 16.5. The van der Waals surface area contributed by atoms with Gasteiger partial charge in [-0.05, 0) is 30.7 Å². The molecule has 1 aliphatic carbocycles. The lowest BCUT2D eigenvalue weighted by molar-refractivity contribution is 0.336. The second-order valence-corrected chi connectivity index (χ2v) is 6.55. The highest BCUT2D eigenvalue weighted by Gasteiger charge is 2.32. The van der Waals surface area contributed by atoms with Gasteiger partial charge in [0.05, 0.1) is 0 Å². The largest absolute Gasteiger partial charge is 0.339 e. The van der Waals surface area contributed by atoms with Crippen LogP contribution in [-0.4, -0.2) is 22.7 Å². The van der Waals surface area contributed by atoms with Gasteiger partial charge in [-0.1, -0.05) is 32.9 Å². The standard InChI is InChI=1S/C14H25N3O/c1-5-15-11(10-6-7-10)8-13-16-12(17-18-13)9-14(2,3)4/h10-11,15H,5-9H2,1-4H3. The summed E-state index contributed by atoms with van der Waals surface area (Å²) in [6.45, 7) is 9.72. The molecule has 0 amide bonds. The second kappa shape index (κ2) is 5.39. The van der Waals surface area contributed by atoms with Crippen LogP contribution in [0.4, 0.5) is 0 Å².